The van der Waals surface area contributed by atoms with Crippen molar-refractivity contribution in [2.75, 3.05) is 31.1 Å². The highest BCUT2D eigenvalue weighted by Gasteiger charge is 2.19. The lowest BCUT2D eigenvalue weighted by atomic mass is 10.1. The number of halogens is 1. The van der Waals surface area contributed by atoms with E-state index in [0.29, 0.717) is 18.1 Å². The zero-order valence-corrected chi connectivity index (χ0v) is 16.5. The first-order valence-corrected chi connectivity index (χ1v) is 9.63. The SMILES string of the molecule is O=C(/C=C/c1cccc(/C=C/C(=O)N2CCN(c3cccc(Cl)c3)CC2)c1)NO. The molecule has 1 aliphatic heterocycles. The van der Waals surface area contributed by atoms with Gasteiger partial charge in [-0.2, -0.15) is 0 Å². The second-order valence-corrected chi connectivity index (χ2v) is 7.04. The number of hydroxylamine groups is 1. The van der Waals surface area contributed by atoms with Gasteiger partial charge in [0, 0.05) is 49.0 Å². The number of hydrogen-bond donors (Lipinski definition) is 2. The summed E-state index contributed by atoms with van der Waals surface area (Å²) in [6, 6.07) is 15.1. The molecule has 6 nitrogen and oxygen atoms in total. The second-order valence-electron chi connectivity index (χ2n) is 6.61. The van der Waals surface area contributed by atoms with Gasteiger partial charge in [0.2, 0.25) is 5.91 Å². The minimum absolute atomic E-state index is 0.0312. The minimum Gasteiger partial charge on any atom is -0.368 e. The van der Waals surface area contributed by atoms with Gasteiger partial charge >= 0.3 is 0 Å². The van der Waals surface area contributed by atoms with Crippen molar-refractivity contribution in [2.45, 2.75) is 0 Å². The Morgan fingerprint density at radius 3 is 2.24 bits per heavy atom. The van der Waals surface area contributed by atoms with E-state index in [1.54, 1.807) is 23.7 Å². The Labute approximate surface area is 174 Å². The molecule has 0 aromatic heterocycles. The summed E-state index contributed by atoms with van der Waals surface area (Å²) in [5.74, 6) is -0.630. The molecule has 2 aromatic rings. The maximum absolute atomic E-state index is 12.5. The van der Waals surface area contributed by atoms with Gasteiger partial charge < -0.3 is 9.80 Å². The molecule has 1 fully saturated rings. The maximum atomic E-state index is 12.5. The van der Waals surface area contributed by atoms with Crippen molar-refractivity contribution in [3.63, 3.8) is 0 Å². The van der Waals surface area contributed by atoms with Crippen LogP contribution in [-0.4, -0.2) is 48.1 Å². The van der Waals surface area contributed by atoms with E-state index in [-0.39, 0.29) is 5.91 Å². The summed E-state index contributed by atoms with van der Waals surface area (Å²) in [6.45, 7) is 2.81. The molecule has 0 aliphatic carbocycles. The van der Waals surface area contributed by atoms with Crippen LogP contribution in [0.1, 0.15) is 11.1 Å². The molecule has 2 N–H and O–H groups in total. The molecule has 0 spiro atoms. The molecule has 2 aromatic carbocycles. The number of carbonyl (C=O) groups is 2. The number of benzene rings is 2. The number of piperazine rings is 1. The molecule has 0 unspecified atom stereocenters. The lowest BCUT2D eigenvalue weighted by Crippen LogP contribution is -2.48. The molecule has 0 bridgehead atoms. The second kappa shape index (κ2) is 9.91. The number of amides is 2. The highest BCUT2D eigenvalue weighted by Crippen LogP contribution is 2.21. The Hall–Kier alpha value is -3.09. The molecule has 2 amide bonds. The fourth-order valence-electron chi connectivity index (χ4n) is 3.11. The quantitative estimate of drug-likeness (QED) is 0.450. The Morgan fingerprint density at radius 2 is 1.59 bits per heavy atom. The highest BCUT2D eigenvalue weighted by atomic mass is 35.5. The Bertz CT molecular complexity index is 934. The fraction of sp³-hybridized carbons (Fsp3) is 0.182. The van der Waals surface area contributed by atoms with Gasteiger partial charge in [0.1, 0.15) is 0 Å². The van der Waals surface area contributed by atoms with Gasteiger partial charge in [0.05, 0.1) is 0 Å². The van der Waals surface area contributed by atoms with E-state index in [1.807, 2.05) is 53.4 Å². The molecule has 0 radical (unpaired) electrons. The first kappa shape index (κ1) is 20.6. The van der Waals surface area contributed by atoms with E-state index >= 15 is 0 Å². The van der Waals surface area contributed by atoms with Crippen molar-refractivity contribution >= 4 is 41.3 Å². The Kier molecular flexibility index (Phi) is 7.05. The van der Waals surface area contributed by atoms with E-state index in [2.05, 4.69) is 4.90 Å². The summed E-state index contributed by atoms with van der Waals surface area (Å²) >= 11 is 6.06. The fourth-order valence-corrected chi connectivity index (χ4v) is 3.29. The average Bonchev–Trinajstić information content (AvgIpc) is 2.76. The molecule has 150 valence electrons. The molecule has 7 heteroatoms. The maximum Gasteiger partial charge on any atom is 0.267 e. The molecular weight excluding hydrogens is 390 g/mol. The van der Waals surface area contributed by atoms with Crippen LogP contribution in [-0.2, 0) is 9.59 Å². The summed E-state index contributed by atoms with van der Waals surface area (Å²) in [7, 11) is 0. The molecular formula is C22H22ClN3O3. The van der Waals surface area contributed by atoms with Gasteiger partial charge in [-0.15, -0.1) is 0 Å². The summed E-state index contributed by atoms with van der Waals surface area (Å²) in [6.07, 6.45) is 6.14. The van der Waals surface area contributed by atoms with Crippen LogP contribution in [0.4, 0.5) is 5.69 Å². The normalized spacial score (nSPS) is 14.6. The first-order chi connectivity index (χ1) is 14.0. The van der Waals surface area contributed by atoms with Crippen molar-refractivity contribution in [1.29, 1.82) is 0 Å². The van der Waals surface area contributed by atoms with E-state index < -0.39 is 5.91 Å². The summed E-state index contributed by atoms with van der Waals surface area (Å²) in [5.41, 5.74) is 4.25. The number of nitrogens with one attached hydrogen (secondary N) is 1. The van der Waals surface area contributed by atoms with Gasteiger partial charge in [-0.1, -0.05) is 35.9 Å². The van der Waals surface area contributed by atoms with Crippen LogP contribution in [0.2, 0.25) is 5.02 Å². The number of hydrogen-bond acceptors (Lipinski definition) is 4. The molecule has 1 saturated heterocycles. The average molecular weight is 412 g/mol. The van der Waals surface area contributed by atoms with E-state index in [0.717, 1.165) is 29.9 Å². The standard InChI is InChI=1S/C22H22ClN3O3/c23-19-5-2-6-20(16-19)25-11-13-26(14-12-25)22(28)10-8-18-4-1-3-17(15-18)7-9-21(27)24-29/h1-10,15-16,29H,11-14H2,(H,24,27)/b9-7+,10-8+. The van der Waals surface area contributed by atoms with Crippen LogP contribution >= 0.6 is 11.6 Å². The highest BCUT2D eigenvalue weighted by molar-refractivity contribution is 6.30. The van der Waals surface area contributed by atoms with Crippen LogP contribution in [0, 0.1) is 0 Å². The molecule has 29 heavy (non-hydrogen) atoms. The monoisotopic (exact) mass is 411 g/mol. The largest absolute Gasteiger partial charge is 0.368 e. The predicted molar refractivity (Wildman–Crippen MR) is 115 cm³/mol. The van der Waals surface area contributed by atoms with E-state index in [4.69, 9.17) is 16.8 Å². The first-order valence-electron chi connectivity index (χ1n) is 9.25. The lowest BCUT2D eigenvalue weighted by Gasteiger charge is -2.35. The smallest absolute Gasteiger partial charge is 0.267 e. The van der Waals surface area contributed by atoms with Crippen molar-refractivity contribution in [2.24, 2.45) is 0 Å². The number of carbonyl (C=O) groups excluding carboxylic acids is 2. The third-order valence-electron chi connectivity index (χ3n) is 4.63. The van der Waals surface area contributed by atoms with Crippen LogP contribution < -0.4 is 10.4 Å². The van der Waals surface area contributed by atoms with Crippen LogP contribution in [0.15, 0.2) is 60.7 Å². The number of anilines is 1. The summed E-state index contributed by atoms with van der Waals surface area (Å²) < 4.78 is 0. The molecule has 0 atom stereocenters. The Morgan fingerprint density at radius 1 is 0.931 bits per heavy atom. The molecule has 1 aliphatic rings. The van der Waals surface area contributed by atoms with Crippen molar-refractivity contribution in [3.05, 3.63) is 76.8 Å². The lowest BCUT2D eigenvalue weighted by molar-refractivity contribution is -0.126. The Balaban J connectivity index is 1.56. The third kappa shape index (κ3) is 5.94. The van der Waals surface area contributed by atoms with E-state index in [9.17, 15) is 9.59 Å². The third-order valence-corrected chi connectivity index (χ3v) is 4.87. The summed E-state index contributed by atoms with van der Waals surface area (Å²) in [5, 5.41) is 9.22. The summed E-state index contributed by atoms with van der Waals surface area (Å²) in [4.78, 5) is 27.6. The van der Waals surface area contributed by atoms with Crippen LogP contribution in [0.25, 0.3) is 12.2 Å². The number of nitrogens with zero attached hydrogens (tertiary/aromatic N) is 2. The zero-order valence-electron chi connectivity index (χ0n) is 15.8. The van der Waals surface area contributed by atoms with Crippen molar-refractivity contribution < 1.29 is 14.8 Å². The van der Waals surface area contributed by atoms with Gasteiger partial charge in [0.25, 0.3) is 5.91 Å². The van der Waals surface area contributed by atoms with Crippen LogP contribution in [0.5, 0.6) is 0 Å². The van der Waals surface area contributed by atoms with Gasteiger partial charge in [0.15, 0.2) is 0 Å². The molecule has 1 heterocycles. The minimum atomic E-state index is -0.599. The van der Waals surface area contributed by atoms with Crippen molar-refractivity contribution in [1.82, 2.24) is 10.4 Å². The topological polar surface area (TPSA) is 72.9 Å². The van der Waals surface area contributed by atoms with E-state index in [1.165, 1.54) is 6.08 Å². The van der Waals surface area contributed by atoms with Crippen molar-refractivity contribution in [3.8, 4) is 0 Å². The molecule has 0 saturated carbocycles. The number of rotatable bonds is 5. The molecule has 3 rings (SSSR count). The zero-order chi connectivity index (χ0) is 20.6. The van der Waals surface area contributed by atoms with Gasteiger partial charge in [-0.05, 0) is 47.5 Å². The van der Waals surface area contributed by atoms with Gasteiger partial charge in [-0.25, -0.2) is 5.48 Å². The van der Waals surface area contributed by atoms with Crippen LogP contribution in [0.3, 0.4) is 0 Å². The van der Waals surface area contributed by atoms with Gasteiger partial charge in [-0.3, -0.25) is 14.8 Å². The predicted octanol–water partition coefficient (Wildman–Crippen LogP) is 3.22.